The summed E-state index contributed by atoms with van der Waals surface area (Å²) in [5.74, 6) is 1.74. The van der Waals surface area contributed by atoms with Gasteiger partial charge in [-0.25, -0.2) is 0 Å². The molecular formula is C26H38O2. The molecule has 0 aliphatic heterocycles. The van der Waals surface area contributed by atoms with Gasteiger partial charge in [-0.2, -0.15) is 0 Å². The lowest BCUT2D eigenvalue weighted by Gasteiger charge is -2.07. The maximum atomic E-state index is 5.80. The van der Waals surface area contributed by atoms with Gasteiger partial charge >= 0.3 is 0 Å². The third-order valence-corrected chi connectivity index (χ3v) is 4.37. The van der Waals surface area contributed by atoms with Crippen molar-refractivity contribution < 1.29 is 9.47 Å². The molecule has 0 aliphatic rings. The number of hydrogen-bond donors (Lipinski definition) is 0. The minimum atomic E-state index is 0.606. The van der Waals surface area contributed by atoms with E-state index in [1.54, 1.807) is 0 Å². The second kappa shape index (κ2) is 13.9. The molecule has 0 amide bonds. The second-order valence-electron chi connectivity index (χ2n) is 7.83. The van der Waals surface area contributed by atoms with Gasteiger partial charge in [0.1, 0.15) is 24.7 Å². The Labute approximate surface area is 172 Å². The van der Waals surface area contributed by atoms with Crippen LogP contribution < -0.4 is 9.47 Å². The summed E-state index contributed by atoms with van der Waals surface area (Å²) in [5, 5.41) is 0. The molecule has 1 aromatic rings. The van der Waals surface area contributed by atoms with Crippen LogP contribution in [0.25, 0.3) is 0 Å². The molecule has 0 fully saturated rings. The number of benzene rings is 1. The summed E-state index contributed by atoms with van der Waals surface area (Å²) in [6.07, 6.45) is 13.2. The molecule has 1 rings (SSSR count). The third kappa shape index (κ3) is 12.2. The fourth-order valence-corrected chi connectivity index (χ4v) is 2.57. The quantitative estimate of drug-likeness (QED) is 0.343. The van der Waals surface area contributed by atoms with Crippen molar-refractivity contribution in [2.24, 2.45) is 0 Å². The highest BCUT2D eigenvalue weighted by molar-refractivity contribution is 5.31. The minimum Gasteiger partial charge on any atom is -0.490 e. The highest BCUT2D eigenvalue weighted by atomic mass is 16.5. The van der Waals surface area contributed by atoms with Crippen LogP contribution >= 0.6 is 0 Å². The lowest BCUT2D eigenvalue weighted by atomic mass is 10.1. The van der Waals surface area contributed by atoms with Gasteiger partial charge in [0.15, 0.2) is 0 Å². The number of allylic oxidation sites excluding steroid dienone is 6. The average molecular weight is 383 g/mol. The van der Waals surface area contributed by atoms with Crippen molar-refractivity contribution in [3.63, 3.8) is 0 Å². The van der Waals surface area contributed by atoms with E-state index in [0.29, 0.717) is 13.2 Å². The van der Waals surface area contributed by atoms with Crippen molar-refractivity contribution >= 4 is 0 Å². The summed E-state index contributed by atoms with van der Waals surface area (Å²) in [4.78, 5) is 0. The molecule has 1 aromatic carbocycles. The Morgan fingerprint density at radius 3 is 1.29 bits per heavy atom. The van der Waals surface area contributed by atoms with Crippen molar-refractivity contribution in [2.75, 3.05) is 13.2 Å². The standard InChI is InChI=1S/C26H38O2/c1-21(2)9-7-11-23(5)17-19-27-25-13-15-26(16-14-25)28-20-18-24(6)12-8-10-22(3)4/h9-10,13-18H,7-8,11-12,19-20H2,1-6H3/b23-17+,24-18+. The Morgan fingerprint density at radius 1 is 0.607 bits per heavy atom. The molecule has 0 aromatic heterocycles. The van der Waals surface area contributed by atoms with Crippen LogP contribution in [0.5, 0.6) is 11.5 Å². The second-order valence-corrected chi connectivity index (χ2v) is 7.83. The van der Waals surface area contributed by atoms with Gasteiger partial charge in [-0.1, -0.05) is 34.4 Å². The average Bonchev–Trinajstić information content (AvgIpc) is 2.62. The summed E-state index contributed by atoms with van der Waals surface area (Å²) < 4.78 is 11.6. The lowest BCUT2D eigenvalue weighted by Crippen LogP contribution is -1.97. The largest absolute Gasteiger partial charge is 0.490 e. The van der Waals surface area contributed by atoms with Gasteiger partial charge in [-0.3, -0.25) is 0 Å². The van der Waals surface area contributed by atoms with E-state index in [9.17, 15) is 0 Å². The van der Waals surface area contributed by atoms with Crippen molar-refractivity contribution in [3.8, 4) is 11.5 Å². The Kier molecular flexibility index (Phi) is 11.8. The molecule has 0 saturated heterocycles. The molecule has 0 atom stereocenters. The van der Waals surface area contributed by atoms with E-state index >= 15 is 0 Å². The van der Waals surface area contributed by atoms with Crippen molar-refractivity contribution in [1.29, 1.82) is 0 Å². The first-order valence-electron chi connectivity index (χ1n) is 10.3. The van der Waals surface area contributed by atoms with Crippen molar-refractivity contribution in [3.05, 3.63) is 70.9 Å². The maximum Gasteiger partial charge on any atom is 0.120 e. The molecule has 28 heavy (non-hydrogen) atoms. The van der Waals surface area contributed by atoms with Crippen LogP contribution in [0.2, 0.25) is 0 Å². The SMILES string of the molecule is CC(C)=CCC/C(C)=C/COc1ccc(OC/C=C(\C)CCC=C(C)C)cc1. The van der Waals surface area contributed by atoms with E-state index in [0.717, 1.165) is 37.2 Å². The first-order chi connectivity index (χ1) is 13.4. The molecule has 2 nitrogen and oxygen atoms in total. The molecule has 0 N–H and O–H groups in total. The van der Waals surface area contributed by atoms with Crippen LogP contribution in [-0.4, -0.2) is 13.2 Å². The predicted octanol–water partition coefficient (Wildman–Crippen LogP) is 7.83. The van der Waals surface area contributed by atoms with Crippen LogP contribution in [0.1, 0.15) is 67.2 Å². The van der Waals surface area contributed by atoms with E-state index in [2.05, 4.69) is 65.8 Å². The fourth-order valence-electron chi connectivity index (χ4n) is 2.57. The van der Waals surface area contributed by atoms with Crippen molar-refractivity contribution in [1.82, 2.24) is 0 Å². The monoisotopic (exact) mass is 382 g/mol. The van der Waals surface area contributed by atoms with Gasteiger partial charge in [0.05, 0.1) is 0 Å². The van der Waals surface area contributed by atoms with Gasteiger partial charge in [-0.05, 0) is 104 Å². The van der Waals surface area contributed by atoms with Gasteiger partial charge in [0, 0.05) is 0 Å². The zero-order valence-corrected chi connectivity index (χ0v) is 18.7. The Morgan fingerprint density at radius 2 is 0.964 bits per heavy atom. The smallest absolute Gasteiger partial charge is 0.120 e. The Hall–Kier alpha value is -2.22. The Balaban J connectivity index is 2.33. The number of ether oxygens (including phenoxy) is 2. The minimum absolute atomic E-state index is 0.606. The first-order valence-corrected chi connectivity index (χ1v) is 10.3. The first kappa shape index (κ1) is 23.8. The molecule has 0 heterocycles. The van der Waals surface area contributed by atoms with Crippen LogP contribution in [0.3, 0.4) is 0 Å². The van der Waals surface area contributed by atoms with E-state index in [-0.39, 0.29) is 0 Å². The summed E-state index contributed by atoms with van der Waals surface area (Å²) in [6.45, 7) is 14.1. The van der Waals surface area contributed by atoms with E-state index in [1.165, 1.54) is 22.3 Å². The highest BCUT2D eigenvalue weighted by Gasteiger charge is 1.97. The predicted molar refractivity (Wildman–Crippen MR) is 122 cm³/mol. The molecule has 0 unspecified atom stereocenters. The molecule has 0 bridgehead atoms. The van der Waals surface area contributed by atoms with Crippen LogP contribution in [0, 0.1) is 0 Å². The Bertz CT molecular complexity index is 619. The topological polar surface area (TPSA) is 18.5 Å². The molecule has 0 saturated carbocycles. The highest BCUT2D eigenvalue weighted by Crippen LogP contribution is 2.18. The molecule has 0 spiro atoms. The lowest BCUT2D eigenvalue weighted by molar-refractivity contribution is 0.351. The number of rotatable bonds is 12. The van der Waals surface area contributed by atoms with E-state index in [4.69, 9.17) is 9.47 Å². The van der Waals surface area contributed by atoms with E-state index < -0.39 is 0 Å². The van der Waals surface area contributed by atoms with Crippen LogP contribution in [0.4, 0.5) is 0 Å². The molecule has 0 radical (unpaired) electrons. The third-order valence-electron chi connectivity index (χ3n) is 4.37. The van der Waals surface area contributed by atoms with Gasteiger partial charge < -0.3 is 9.47 Å². The van der Waals surface area contributed by atoms with Gasteiger partial charge in [-0.15, -0.1) is 0 Å². The summed E-state index contributed by atoms with van der Waals surface area (Å²) in [6, 6.07) is 7.86. The normalized spacial score (nSPS) is 11.8. The molecule has 154 valence electrons. The zero-order chi connectivity index (χ0) is 20.8. The molecular weight excluding hydrogens is 344 g/mol. The van der Waals surface area contributed by atoms with E-state index in [1.807, 2.05) is 24.3 Å². The van der Waals surface area contributed by atoms with Gasteiger partial charge in [0.2, 0.25) is 0 Å². The number of hydrogen-bond acceptors (Lipinski definition) is 2. The summed E-state index contributed by atoms with van der Waals surface area (Å²) >= 11 is 0. The van der Waals surface area contributed by atoms with Crippen LogP contribution in [0.15, 0.2) is 70.9 Å². The van der Waals surface area contributed by atoms with Gasteiger partial charge in [0.25, 0.3) is 0 Å². The summed E-state index contributed by atoms with van der Waals surface area (Å²) in [5.41, 5.74) is 5.48. The summed E-state index contributed by atoms with van der Waals surface area (Å²) in [7, 11) is 0. The van der Waals surface area contributed by atoms with Crippen molar-refractivity contribution in [2.45, 2.75) is 67.2 Å². The fraction of sp³-hybridized carbons (Fsp3) is 0.462. The zero-order valence-electron chi connectivity index (χ0n) is 18.7. The molecule has 0 aliphatic carbocycles. The van der Waals surface area contributed by atoms with Crippen LogP contribution in [-0.2, 0) is 0 Å². The molecule has 2 heteroatoms. The maximum absolute atomic E-state index is 5.80.